The Kier molecular flexibility index (Phi) is 5.21. The Morgan fingerprint density at radius 2 is 2.06 bits per heavy atom. The van der Waals surface area contributed by atoms with E-state index in [9.17, 15) is 4.79 Å². The molecule has 2 aliphatic heterocycles. The lowest BCUT2D eigenvalue weighted by atomic mass is 10.1. The van der Waals surface area contributed by atoms with Crippen LogP contribution in [0.2, 0.25) is 0 Å². The molecule has 1 amide bonds. The average molecular weight is 421 g/mol. The van der Waals surface area contributed by atoms with E-state index < -0.39 is 0 Å². The number of fused-ring (bicyclic) bond motifs is 2. The van der Waals surface area contributed by atoms with Crippen LogP contribution in [0.4, 0.5) is 0 Å². The van der Waals surface area contributed by atoms with Crippen molar-refractivity contribution in [2.24, 2.45) is 0 Å². The van der Waals surface area contributed by atoms with Crippen molar-refractivity contribution in [3.63, 3.8) is 0 Å². The van der Waals surface area contributed by atoms with Gasteiger partial charge in [-0.05, 0) is 36.8 Å². The molecule has 8 heteroatoms. The average Bonchev–Trinajstić information content (AvgIpc) is 3.44. The van der Waals surface area contributed by atoms with E-state index in [0.29, 0.717) is 32.0 Å². The Balaban J connectivity index is 1.26. The minimum atomic E-state index is -0.229. The number of hydrogen-bond donors (Lipinski definition) is 1. The molecule has 3 aromatic rings. The first-order valence-corrected chi connectivity index (χ1v) is 10.3. The monoisotopic (exact) mass is 421 g/mol. The number of amides is 1. The smallest absolute Gasteiger partial charge is 0.272 e. The molecule has 160 valence electrons. The molecule has 8 nitrogen and oxygen atoms in total. The third kappa shape index (κ3) is 3.94. The number of carbonyl (C=O) groups is 1. The molecule has 0 unspecified atom stereocenters. The van der Waals surface area contributed by atoms with Gasteiger partial charge in [-0.2, -0.15) is 5.10 Å². The third-order valence-corrected chi connectivity index (χ3v) is 5.35. The normalized spacial score (nSPS) is 16.6. The fourth-order valence-electron chi connectivity index (χ4n) is 3.76. The molecule has 3 heterocycles. The number of ether oxygens (including phenoxy) is 4. The Hall–Kier alpha value is -3.52. The van der Waals surface area contributed by atoms with E-state index in [1.807, 2.05) is 54.1 Å². The molecule has 0 saturated heterocycles. The van der Waals surface area contributed by atoms with Crippen molar-refractivity contribution in [1.82, 2.24) is 15.1 Å². The van der Waals surface area contributed by atoms with E-state index in [0.717, 1.165) is 34.1 Å². The van der Waals surface area contributed by atoms with E-state index in [4.69, 9.17) is 18.9 Å². The van der Waals surface area contributed by atoms with Crippen molar-refractivity contribution in [2.75, 3.05) is 13.4 Å². The first kappa shape index (κ1) is 19.4. The van der Waals surface area contributed by atoms with E-state index in [2.05, 4.69) is 10.4 Å². The largest absolute Gasteiger partial charge is 0.494 e. The van der Waals surface area contributed by atoms with Crippen molar-refractivity contribution < 1.29 is 23.7 Å². The minimum Gasteiger partial charge on any atom is -0.494 e. The lowest BCUT2D eigenvalue weighted by Crippen LogP contribution is -2.24. The van der Waals surface area contributed by atoms with Crippen molar-refractivity contribution in [1.29, 1.82) is 0 Å². The predicted octanol–water partition coefficient (Wildman–Crippen LogP) is 3.21. The molecule has 0 saturated carbocycles. The topological polar surface area (TPSA) is 83.8 Å². The van der Waals surface area contributed by atoms with Gasteiger partial charge in [-0.1, -0.05) is 24.3 Å². The zero-order chi connectivity index (χ0) is 21.2. The summed E-state index contributed by atoms with van der Waals surface area (Å²) in [6.07, 6.45) is -0.170. The van der Waals surface area contributed by atoms with Gasteiger partial charge in [0.15, 0.2) is 17.2 Å². The minimum absolute atomic E-state index is 0.170. The zero-order valence-electron chi connectivity index (χ0n) is 17.2. The van der Waals surface area contributed by atoms with Crippen molar-refractivity contribution >= 4 is 5.91 Å². The molecular formula is C23H23N3O5. The number of nitrogens with one attached hydrogen (secondary N) is 1. The van der Waals surface area contributed by atoms with Crippen LogP contribution in [0.3, 0.4) is 0 Å². The zero-order valence-corrected chi connectivity index (χ0v) is 17.2. The molecule has 0 radical (unpaired) electrons. The number of rotatable bonds is 6. The molecule has 2 aromatic carbocycles. The van der Waals surface area contributed by atoms with Crippen LogP contribution >= 0.6 is 0 Å². The van der Waals surface area contributed by atoms with Gasteiger partial charge >= 0.3 is 0 Å². The molecule has 2 aliphatic rings. The van der Waals surface area contributed by atoms with Gasteiger partial charge in [-0.3, -0.25) is 9.48 Å². The Morgan fingerprint density at radius 1 is 1.19 bits per heavy atom. The van der Waals surface area contributed by atoms with Gasteiger partial charge in [-0.15, -0.1) is 0 Å². The fourth-order valence-corrected chi connectivity index (χ4v) is 3.76. The van der Waals surface area contributed by atoms with Crippen LogP contribution in [0, 0.1) is 0 Å². The first-order chi connectivity index (χ1) is 15.2. The summed E-state index contributed by atoms with van der Waals surface area (Å²) in [5, 5.41) is 7.44. The summed E-state index contributed by atoms with van der Waals surface area (Å²) in [6.45, 7) is 4.02. The Bertz CT molecular complexity index is 1110. The lowest BCUT2D eigenvalue weighted by molar-refractivity contribution is -0.00128. The van der Waals surface area contributed by atoms with E-state index >= 15 is 0 Å². The van der Waals surface area contributed by atoms with Crippen LogP contribution in [0.15, 0.2) is 48.5 Å². The number of para-hydroxylation sites is 1. The van der Waals surface area contributed by atoms with Crippen LogP contribution in [-0.4, -0.2) is 29.1 Å². The molecule has 5 rings (SSSR count). The molecular weight excluding hydrogens is 398 g/mol. The Morgan fingerprint density at radius 3 is 2.97 bits per heavy atom. The van der Waals surface area contributed by atoms with E-state index in [1.54, 1.807) is 6.07 Å². The Labute approximate surface area is 179 Å². The summed E-state index contributed by atoms with van der Waals surface area (Å²) >= 11 is 0. The van der Waals surface area contributed by atoms with Crippen molar-refractivity contribution in [2.45, 2.75) is 32.7 Å². The summed E-state index contributed by atoms with van der Waals surface area (Å²) < 4.78 is 24.3. The predicted molar refractivity (Wildman–Crippen MR) is 111 cm³/mol. The molecule has 1 atom stereocenters. The number of carbonyl (C=O) groups excluding carboxylic acids is 1. The maximum Gasteiger partial charge on any atom is 0.272 e. The molecule has 0 bridgehead atoms. The lowest BCUT2D eigenvalue weighted by Gasteiger charge is -2.24. The summed E-state index contributed by atoms with van der Waals surface area (Å²) in [5.41, 5.74) is 3.16. The number of nitrogens with zero attached hydrogens (tertiary/aromatic N) is 2. The highest BCUT2D eigenvalue weighted by Gasteiger charge is 2.26. The summed E-state index contributed by atoms with van der Waals surface area (Å²) in [7, 11) is 0. The first-order valence-electron chi connectivity index (χ1n) is 10.3. The van der Waals surface area contributed by atoms with Crippen LogP contribution in [-0.2, 0) is 24.4 Å². The second kappa shape index (κ2) is 8.31. The van der Waals surface area contributed by atoms with Crippen LogP contribution in [0.1, 0.15) is 40.3 Å². The maximum absolute atomic E-state index is 12.7. The van der Waals surface area contributed by atoms with Crippen molar-refractivity contribution in [3.05, 3.63) is 71.0 Å². The van der Waals surface area contributed by atoms with Gasteiger partial charge in [0.25, 0.3) is 5.91 Å². The van der Waals surface area contributed by atoms with Gasteiger partial charge in [0.05, 0.1) is 25.5 Å². The van der Waals surface area contributed by atoms with Crippen LogP contribution < -0.4 is 19.5 Å². The SMILES string of the molecule is CCOc1ccccc1CNC(=O)c1cc2n(n1)C[C@@H](c1ccc3c(c1)OCO3)OC2. The van der Waals surface area contributed by atoms with Gasteiger partial charge in [0.1, 0.15) is 11.9 Å². The van der Waals surface area contributed by atoms with Gasteiger partial charge in [0.2, 0.25) is 6.79 Å². The molecule has 1 aromatic heterocycles. The van der Waals surface area contributed by atoms with Gasteiger partial charge < -0.3 is 24.3 Å². The standard InChI is InChI=1S/C23H23N3O5/c1-2-28-19-6-4-3-5-16(19)11-24-23(27)18-10-17-13-29-22(12-26(17)25-18)15-7-8-20-21(9-15)31-14-30-20/h3-10,22H,2,11-14H2,1H3,(H,24,27)/t22-/m0/s1. The summed E-state index contributed by atoms with van der Waals surface area (Å²) in [4.78, 5) is 12.7. The highest BCUT2D eigenvalue weighted by atomic mass is 16.7. The fraction of sp³-hybridized carbons (Fsp3) is 0.304. The number of aromatic nitrogens is 2. The maximum atomic E-state index is 12.7. The molecule has 1 N–H and O–H groups in total. The highest BCUT2D eigenvalue weighted by Crippen LogP contribution is 2.36. The second-order valence-corrected chi connectivity index (χ2v) is 7.34. The summed E-state index contributed by atoms with van der Waals surface area (Å²) in [6, 6.07) is 15.2. The van der Waals surface area contributed by atoms with Crippen molar-refractivity contribution in [3.8, 4) is 17.2 Å². The second-order valence-electron chi connectivity index (χ2n) is 7.34. The number of hydrogen-bond acceptors (Lipinski definition) is 6. The van der Waals surface area contributed by atoms with Gasteiger partial charge in [-0.25, -0.2) is 0 Å². The third-order valence-electron chi connectivity index (χ3n) is 5.35. The quantitative estimate of drug-likeness (QED) is 0.658. The van der Waals surface area contributed by atoms with E-state index in [-0.39, 0.29) is 18.8 Å². The van der Waals surface area contributed by atoms with Crippen LogP contribution in [0.5, 0.6) is 17.2 Å². The van der Waals surface area contributed by atoms with E-state index in [1.165, 1.54) is 0 Å². The molecule has 0 spiro atoms. The molecule has 31 heavy (non-hydrogen) atoms. The number of benzene rings is 2. The summed E-state index contributed by atoms with van der Waals surface area (Å²) in [5.74, 6) is 2.01. The highest BCUT2D eigenvalue weighted by molar-refractivity contribution is 5.92. The van der Waals surface area contributed by atoms with Gasteiger partial charge in [0, 0.05) is 12.1 Å². The molecule has 0 aliphatic carbocycles. The molecule has 0 fully saturated rings. The van der Waals surface area contributed by atoms with Crippen LogP contribution in [0.25, 0.3) is 0 Å².